The molecular formula is C24H38NO9Si-. The summed E-state index contributed by atoms with van der Waals surface area (Å²) < 4.78 is 33.6. The number of ether oxygens (including phenoxy) is 3. The number of methoxy groups -OCH3 is 1. The third-order valence-corrected chi connectivity index (χ3v) is 7.80. The maximum atomic E-state index is 11.9. The van der Waals surface area contributed by atoms with Crippen LogP contribution in [0.2, 0.25) is 6.04 Å². The SMILES string of the molecule is CCO[Si](CCCNC(=O)OCCCCOc1ccc(/C=C/C(=O)[O-])cc1OC)(OCC)OCC. The first-order valence-corrected chi connectivity index (χ1v) is 13.8. The van der Waals surface area contributed by atoms with Gasteiger partial charge in [0, 0.05) is 32.4 Å². The molecule has 1 rings (SSSR count). The van der Waals surface area contributed by atoms with Gasteiger partial charge in [0.2, 0.25) is 0 Å². The standard InChI is InChI=1S/C24H39NO9Si/c1-5-32-35(33-6-2,34-7-3)18-10-15-25-24(28)31-17-9-8-16-30-21-13-11-20(12-14-23(26)27)19-22(21)29-4/h11-14,19H,5-10,15-18H2,1-4H3,(H,25,28)(H,26,27)/p-1/b14-12+. The van der Waals surface area contributed by atoms with E-state index in [2.05, 4.69) is 5.32 Å². The average Bonchev–Trinajstić information content (AvgIpc) is 2.83. The molecule has 0 aliphatic rings. The Labute approximate surface area is 208 Å². The van der Waals surface area contributed by atoms with Crippen LogP contribution in [0.3, 0.4) is 0 Å². The molecule has 1 aromatic rings. The van der Waals surface area contributed by atoms with Crippen molar-refractivity contribution in [1.82, 2.24) is 5.32 Å². The van der Waals surface area contributed by atoms with E-state index in [-0.39, 0.29) is 6.61 Å². The Kier molecular flexibility index (Phi) is 15.5. The van der Waals surface area contributed by atoms with Crippen LogP contribution in [0.25, 0.3) is 6.08 Å². The monoisotopic (exact) mass is 512 g/mol. The summed E-state index contributed by atoms with van der Waals surface area (Å²) in [6.07, 6.45) is 3.87. The predicted octanol–water partition coefficient (Wildman–Crippen LogP) is 2.78. The number of aliphatic carboxylic acids is 1. The van der Waals surface area contributed by atoms with E-state index >= 15 is 0 Å². The highest BCUT2D eigenvalue weighted by molar-refractivity contribution is 6.60. The van der Waals surface area contributed by atoms with Crippen LogP contribution in [-0.4, -0.2) is 67.6 Å². The Morgan fingerprint density at radius 3 is 2.23 bits per heavy atom. The van der Waals surface area contributed by atoms with E-state index in [4.69, 9.17) is 27.5 Å². The molecule has 35 heavy (non-hydrogen) atoms. The van der Waals surface area contributed by atoms with Crippen LogP contribution >= 0.6 is 0 Å². The van der Waals surface area contributed by atoms with Crippen LogP contribution in [0.5, 0.6) is 11.5 Å². The largest absolute Gasteiger partial charge is 0.545 e. The normalized spacial score (nSPS) is 11.4. The summed E-state index contributed by atoms with van der Waals surface area (Å²) in [5.74, 6) is -0.234. The molecule has 0 saturated carbocycles. The van der Waals surface area contributed by atoms with Gasteiger partial charge < -0.3 is 42.7 Å². The number of nitrogens with one attached hydrogen (secondary N) is 1. The summed E-state index contributed by atoms with van der Waals surface area (Å²) in [5.41, 5.74) is 0.652. The Balaban J connectivity index is 2.26. The third kappa shape index (κ3) is 12.6. The fraction of sp³-hybridized carbons (Fsp3) is 0.583. The second-order valence-electron chi connectivity index (χ2n) is 7.27. The van der Waals surface area contributed by atoms with Crippen LogP contribution in [0.15, 0.2) is 24.3 Å². The van der Waals surface area contributed by atoms with E-state index in [0.29, 0.717) is 75.3 Å². The minimum absolute atomic E-state index is 0.273. The Morgan fingerprint density at radius 1 is 0.971 bits per heavy atom. The topological polar surface area (TPSA) is 125 Å². The van der Waals surface area contributed by atoms with Crippen molar-refractivity contribution in [3.05, 3.63) is 29.8 Å². The molecule has 0 bridgehead atoms. The first-order valence-electron chi connectivity index (χ1n) is 11.9. The van der Waals surface area contributed by atoms with Crippen LogP contribution < -0.4 is 19.9 Å². The fourth-order valence-electron chi connectivity index (χ4n) is 3.17. The maximum absolute atomic E-state index is 11.9. The zero-order chi connectivity index (χ0) is 25.9. The van der Waals surface area contributed by atoms with Crippen LogP contribution in [0.1, 0.15) is 45.6 Å². The maximum Gasteiger partial charge on any atom is 0.500 e. The molecule has 10 nitrogen and oxygen atoms in total. The van der Waals surface area contributed by atoms with Crippen molar-refractivity contribution in [2.75, 3.05) is 46.7 Å². The number of hydrogen-bond donors (Lipinski definition) is 1. The second kappa shape index (κ2) is 17.8. The lowest BCUT2D eigenvalue weighted by atomic mass is 10.2. The minimum atomic E-state index is -2.70. The highest BCUT2D eigenvalue weighted by Crippen LogP contribution is 2.28. The van der Waals surface area contributed by atoms with Crippen molar-refractivity contribution in [3.63, 3.8) is 0 Å². The van der Waals surface area contributed by atoms with Gasteiger partial charge in [0.25, 0.3) is 0 Å². The molecule has 0 aromatic heterocycles. The first kappa shape index (κ1) is 30.4. The van der Waals surface area contributed by atoms with E-state index in [1.807, 2.05) is 20.8 Å². The van der Waals surface area contributed by atoms with E-state index in [0.717, 1.165) is 6.08 Å². The van der Waals surface area contributed by atoms with Gasteiger partial charge >= 0.3 is 14.9 Å². The fourth-order valence-corrected chi connectivity index (χ4v) is 5.78. The highest BCUT2D eigenvalue weighted by atomic mass is 28.4. The summed E-state index contributed by atoms with van der Waals surface area (Å²) in [4.78, 5) is 22.4. The van der Waals surface area contributed by atoms with Crippen molar-refractivity contribution in [2.45, 2.75) is 46.1 Å². The molecule has 0 atom stereocenters. The third-order valence-electron chi connectivity index (χ3n) is 4.65. The summed E-state index contributed by atoms with van der Waals surface area (Å²) in [7, 11) is -1.19. The lowest BCUT2D eigenvalue weighted by Crippen LogP contribution is -2.46. The van der Waals surface area contributed by atoms with Gasteiger partial charge in [0.05, 0.1) is 26.3 Å². The molecule has 0 aliphatic carbocycles. The van der Waals surface area contributed by atoms with Gasteiger partial charge in [-0.15, -0.1) is 0 Å². The van der Waals surface area contributed by atoms with Gasteiger partial charge in [-0.25, -0.2) is 4.79 Å². The molecule has 1 N–H and O–H groups in total. The number of alkyl carbamates (subject to hydrolysis) is 1. The van der Waals surface area contributed by atoms with E-state index in [1.165, 1.54) is 13.2 Å². The lowest BCUT2D eigenvalue weighted by molar-refractivity contribution is -0.297. The summed E-state index contributed by atoms with van der Waals surface area (Å²) in [5, 5.41) is 13.3. The molecule has 0 heterocycles. The van der Waals surface area contributed by atoms with Crippen molar-refractivity contribution in [2.24, 2.45) is 0 Å². The zero-order valence-corrected chi connectivity index (χ0v) is 22.1. The molecule has 0 saturated heterocycles. The zero-order valence-electron chi connectivity index (χ0n) is 21.1. The first-order chi connectivity index (χ1) is 16.9. The Hall–Kier alpha value is -2.60. The number of rotatable bonds is 19. The van der Waals surface area contributed by atoms with Gasteiger partial charge in [0.1, 0.15) is 0 Å². The number of hydrogen-bond acceptors (Lipinski definition) is 9. The molecule has 0 unspecified atom stereocenters. The van der Waals surface area contributed by atoms with Gasteiger partial charge in [-0.1, -0.05) is 12.1 Å². The average molecular weight is 513 g/mol. The predicted molar refractivity (Wildman–Crippen MR) is 131 cm³/mol. The second-order valence-corrected chi connectivity index (χ2v) is 10.00. The Bertz CT molecular complexity index is 771. The van der Waals surface area contributed by atoms with Gasteiger partial charge in [0.15, 0.2) is 11.5 Å². The van der Waals surface area contributed by atoms with Crippen LogP contribution in [-0.2, 0) is 22.8 Å². The number of amides is 1. The number of unbranched alkanes of at least 4 members (excludes halogenated alkanes) is 1. The molecule has 0 aliphatic heterocycles. The van der Waals surface area contributed by atoms with E-state index in [1.54, 1.807) is 18.2 Å². The van der Waals surface area contributed by atoms with Crippen molar-refractivity contribution >= 4 is 26.9 Å². The van der Waals surface area contributed by atoms with Crippen molar-refractivity contribution < 1.29 is 42.2 Å². The highest BCUT2D eigenvalue weighted by Gasteiger charge is 2.39. The quantitative estimate of drug-likeness (QED) is 0.169. The van der Waals surface area contributed by atoms with Crippen molar-refractivity contribution in [1.29, 1.82) is 0 Å². The number of carboxylic acid groups (broad SMARTS) is 1. The summed E-state index contributed by atoms with van der Waals surface area (Å²) in [6.45, 7) is 8.41. The number of benzene rings is 1. The van der Waals surface area contributed by atoms with Crippen molar-refractivity contribution in [3.8, 4) is 11.5 Å². The van der Waals surface area contributed by atoms with E-state index < -0.39 is 20.9 Å². The summed E-state index contributed by atoms with van der Waals surface area (Å²) >= 11 is 0. The number of carbonyl (C=O) groups is 2. The molecule has 1 amide bonds. The molecule has 11 heteroatoms. The number of carbonyl (C=O) groups excluding carboxylic acids is 2. The van der Waals surface area contributed by atoms with Gasteiger partial charge in [-0.3, -0.25) is 0 Å². The Morgan fingerprint density at radius 2 is 1.63 bits per heavy atom. The molecule has 198 valence electrons. The molecule has 1 aromatic carbocycles. The molecular weight excluding hydrogens is 474 g/mol. The van der Waals surface area contributed by atoms with Crippen LogP contribution in [0.4, 0.5) is 4.79 Å². The molecule has 0 radical (unpaired) electrons. The van der Waals surface area contributed by atoms with E-state index in [9.17, 15) is 14.7 Å². The van der Waals surface area contributed by atoms with Crippen LogP contribution in [0, 0.1) is 0 Å². The lowest BCUT2D eigenvalue weighted by Gasteiger charge is -2.28. The van der Waals surface area contributed by atoms with Gasteiger partial charge in [-0.05, 0) is 63.8 Å². The molecule has 0 fully saturated rings. The number of carboxylic acids is 1. The molecule has 0 spiro atoms. The summed E-state index contributed by atoms with van der Waals surface area (Å²) in [6, 6.07) is 5.72. The minimum Gasteiger partial charge on any atom is -0.545 e. The smallest absolute Gasteiger partial charge is 0.500 e. The van der Waals surface area contributed by atoms with Gasteiger partial charge in [-0.2, -0.15) is 0 Å².